The molecule has 0 unspecified atom stereocenters. The predicted molar refractivity (Wildman–Crippen MR) is 112 cm³/mol. The zero-order valence-corrected chi connectivity index (χ0v) is 16.8. The molecule has 6 heteroatoms. The van der Waals surface area contributed by atoms with Gasteiger partial charge in [0.25, 0.3) is 0 Å². The number of aliphatic hydroxyl groups excluding tert-OH is 1. The van der Waals surface area contributed by atoms with Crippen molar-refractivity contribution in [2.24, 2.45) is 0 Å². The summed E-state index contributed by atoms with van der Waals surface area (Å²) in [6.07, 6.45) is 5.96. The van der Waals surface area contributed by atoms with Crippen LogP contribution >= 0.6 is 0 Å². The molecule has 2 aromatic rings. The number of benzene rings is 2. The molecular weight excluding hydrogens is 372 g/mol. The molecule has 6 nitrogen and oxygen atoms in total. The van der Waals surface area contributed by atoms with Gasteiger partial charge < -0.3 is 24.8 Å². The molecule has 0 saturated carbocycles. The molecule has 0 spiro atoms. The van der Waals surface area contributed by atoms with Crippen LogP contribution < -0.4 is 9.47 Å². The Hall–Kier alpha value is -3.67. The van der Waals surface area contributed by atoms with Crippen molar-refractivity contribution in [3.05, 3.63) is 70.5 Å². The molecule has 0 heterocycles. The van der Waals surface area contributed by atoms with Crippen LogP contribution in [0.25, 0.3) is 12.2 Å². The lowest BCUT2D eigenvalue weighted by Gasteiger charge is -2.09. The van der Waals surface area contributed by atoms with E-state index in [-0.39, 0.29) is 28.6 Å². The maximum Gasteiger partial charge on any atom is 0.185 e. The molecule has 2 rings (SSSR count). The lowest BCUT2D eigenvalue weighted by Crippen LogP contribution is -1.98. The van der Waals surface area contributed by atoms with Gasteiger partial charge in [0.1, 0.15) is 5.76 Å². The van der Waals surface area contributed by atoms with Crippen molar-refractivity contribution in [1.29, 1.82) is 0 Å². The van der Waals surface area contributed by atoms with Crippen LogP contribution in [0.1, 0.15) is 23.6 Å². The van der Waals surface area contributed by atoms with Crippen LogP contribution in [-0.2, 0) is 4.79 Å². The van der Waals surface area contributed by atoms with Crippen molar-refractivity contribution in [3.63, 3.8) is 0 Å². The maximum absolute atomic E-state index is 12.4. The number of carbonyl (C=O) groups is 1. The fourth-order valence-corrected chi connectivity index (χ4v) is 2.65. The lowest BCUT2D eigenvalue weighted by atomic mass is 10.0. The topological polar surface area (TPSA) is 96.2 Å². The second-order valence-corrected chi connectivity index (χ2v) is 6.30. The van der Waals surface area contributed by atoms with E-state index in [4.69, 9.17) is 9.47 Å². The summed E-state index contributed by atoms with van der Waals surface area (Å²) in [7, 11) is 2.90. The van der Waals surface area contributed by atoms with E-state index in [1.165, 1.54) is 45.4 Å². The van der Waals surface area contributed by atoms with Gasteiger partial charge >= 0.3 is 0 Å². The Kier molecular flexibility index (Phi) is 7.09. The number of ether oxygens (including phenoxy) is 2. The number of phenols is 2. The molecule has 0 aliphatic rings. The summed E-state index contributed by atoms with van der Waals surface area (Å²) in [6.45, 7) is 3.30. The van der Waals surface area contributed by atoms with E-state index in [9.17, 15) is 20.1 Å². The van der Waals surface area contributed by atoms with E-state index >= 15 is 0 Å². The molecule has 3 N–H and O–H groups in total. The van der Waals surface area contributed by atoms with E-state index in [1.807, 2.05) is 0 Å². The molecule has 0 fully saturated rings. The van der Waals surface area contributed by atoms with Gasteiger partial charge in [-0.2, -0.15) is 0 Å². The van der Waals surface area contributed by atoms with Crippen LogP contribution in [-0.4, -0.2) is 35.3 Å². The van der Waals surface area contributed by atoms with Gasteiger partial charge in [-0.15, -0.1) is 0 Å². The van der Waals surface area contributed by atoms with Crippen molar-refractivity contribution in [3.8, 4) is 23.0 Å². The molecule has 0 aromatic heterocycles. The van der Waals surface area contributed by atoms with Crippen molar-refractivity contribution in [2.45, 2.75) is 13.8 Å². The Balaban J connectivity index is 2.20. The monoisotopic (exact) mass is 396 g/mol. The molecule has 0 radical (unpaired) electrons. The number of hydrogen-bond acceptors (Lipinski definition) is 6. The Labute approximate surface area is 169 Å². The number of aromatic hydroxyl groups is 2. The minimum atomic E-state index is -0.359. The molecule has 0 aliphatic carbocycles. The van der Waals surface area contributed by atoms with Gasteiger partial charge in [0, 0.05) is 11.1 Å². The zero-order chi connectivity index (χ0) is 21.6. The van der Waals surface area contributed by atoms with E-state index < -0.39 is 0 Å². The largest absolute Gasteiger partial charge is 0.508 e. The van der Waals surface area contributed by atoms with Crippen LogP contribution in [0, 0.1) is 6.92 Å². The highest BCUT2D eigenvalue weighted by molar-refractivity contribution is 6.06. The fraction of sp³-hybridized carbons (Fsp3) is 0.174. The molecule has 152 valence electrons. The number of hydrogen-bond donors (Lipinski definition) is 3. The Morgan fingerprint density at radius 3 is 2.31 bits per heavy atom. The van der Waals surface area contributed by atoms with Gasteiger partial charge in [-0.1, -0.05) is 24.3 Å². The summed E-state index contributed by atoms with van der Waals surface area (Å²) >= 11 is 0. The number of methoxy groups -OCH3 is 2. The van der Waals surface area contributed by atoms with Gasteiger partial charge in [0.05, 0.1) is 14.2 Å². The zero-order valence-electron chi connectivity index (χ0n) is 16.8. The van der Waals surface area contributed by atoms with Crippen LogP contribution in [0.2, 0.25) is 0 Å². The summed E-state index contributed by atoms with van der Waals surface area (Å²) in [4.78, 5) is 12.4. The van der Waals surface area contributed by atoms with Crippen LogP contribution in [0.5, 0.6) is 23.0 Å². The molecule has 29 heavy (non-hydrogen) atoms. The highest BCUT2D eigenvalue weighted by Crippen LogP contribution is 2.32. The summed E-state index contributed by atoms with van der Waals surface area (Å²) < 4.78 is 10.2. The third-order valence-electron chi connectivity index (χ3n) is 4.44. The van der Waals surface area contributed by atoms with Crippen LogP contribution in [0.4, 0.5) is 0 Å². The molecule has 0 atom stereocenters. The van der Waals surface area contributed by atoms with Gasteiger partial charge in [-0.05, 0) is 55.3 Å². The Morgan fingerprint density at radius 2 is 1.66 bits per heavy atom. The first-order valence-electron chi connectivity index (χ1n) is 8.82. The molecule has 0 saturated heterocycles. The molecule has 2 aromatic carbocycles. The van der Waals surface area contributed by atoms with Gasteiger partial charge in [-0.25, -0.2) is 0 Å². The van der Waals surface area contributed by atoms with Gasteiger partial charge in [0.15, 0.2) is 28.8 Å². The average Bonchev–Trinajstić information content (AvgIpc) is 2.71. The summed E-state index contributed by atoms with van der Waals surface area (Å²) in [5, 5.41) is 29.6. The molecular formula is C23H24O6. The first-order valence-corrected chi connectivity index (χ1v) is 8.82. The SMILES string of the molecule is COc1cc(/C=C/C(O)=C(\C)C(=O)/C=C/c2ccc(O)c(OC)c2C)ccc1O. The quantitative estimate of drug-likeness (QED) is 0.361. The third kappa shape index (κ3) is 5.19. The number of allylic oxidation sites excluding steroid dienone is 3. The van der Waals surface area contributed by atoms with Crippen LogP contribution in [0.15, 0.2) is 53.8 Å². The highest BCUT2D eigenvalue weighted by atomic mass is 16.5. The maximum atomic E-state index is 12.4. The third-order valence-corrected chi connectivity index (χ3v) is 4.44. The van der Waals surface area contributed by atoms with Gasteiger partial charge in [0.2, 0.25) is 0 Å². The van der Waals surface area contributed by atoms with Crippen molar-refractivity contribution < 1.29 is 29.6 Å². The number of carbonyl (C=O) groups excluding carboxylic acids is 1. The number of aliphatic hydroxyl groups is 1. The second-order valence-electron chi connectivity index (χ2n) is 6.30. The Bertz CT molecular complexity index is 999. The summed E-state index contributed by atoms with van der Waals surface area (Å²) in [5.74, 6) is 0.168. The minimum Gasteiger partial charge on any atom is -0.508 e. The molecule has 0 bridgehead atoms. The van der Waals surface area contributed by atoms with Crippen LogP contribution in [0.3, 0.4) is 0 Å². The number of rotatable bonds is 7. The minimum absolute atomic E-state index is 0.0158. The summed E-state index contributed by atoms with van der Waals surface area (Å²) in [5.41, 5.74) is 2.27. The standard InChI is InChI=1S/C23H24O6/c1-14-17(8-12-21(27)23(14)29-4)7-11-19(25)15(2)18(24)9-5-16-6-10-20(26)22(13-16)28-3/h5-13,24,26-27H,1-4H3/b9-5+,11-7+,18-15-. The normalized spacial score (nSPS) is 12.3. The highest BCUT2D eigenvalue weighted by Gasteiger charge is 2.10. The molecule has 0 aliphatic heterocycles. The summed E-state index contributed by atoms with van der Waals surface area (Å²) in [6, 6.07) is 7.91. The Morgan fingerprint density at radius 1 is 0.966 bits per heavy atom. The average molecular weight is 396 g/mol. The van der Waals surface area contributed by atoms with Crippen molar-refractivity contribution in [2.75, 3.05) is 14.2 Å². The first-order chi connectivity index (χ1) is 13.8. The number of ketones is 1. The van der Waals surface area contributed by atoms with E-state index in [2.05, 4.69) is 0 Å². The van der Waals surface area contributed by atoms with E-state index in [0.717, 1.165) is 0 Å². The predicted octanol–water partition coefficient (Wildman–Crippen LogP) is 4.55. The smallest absolute Gasteiger partial charge is 0.185 e. The van der Waals surface area contributed by atoms with Crippen molar-refractivity contribution >= 4 is 17.9 Å². The van der Waals surface area contributed by atoms with Gasteiger partial charge in [-0.3, -0.25) is 4.79 Å². The van der Waals surface area contributed by atoms with E-state index in [1.54, 1.807) is 37.3 Å². The van der Waals surface area contributed by atoms with Crippen molar-refractivity contribution in [1.82, 2.24) is 0 Å². The lowest BCUT2D eigenvalue weighted by molar-refractivity contribution is -0.111. The molecule has 0 amide bonds. The second kappa shape index (κ2) is 9.50. The fourth-order valence-electron chi connectivity index (χ4n) is 2.65. The number of phenolic OH excluding ortho intramolecular Hbond substituents is 2. The van der Waals surface area contributed by atoms with E-state index in [0.29, 0.717) is 28.2 Å². The first kappa shape index (κ1) is 21.6.